The third kappa shape index (κ3) is 4.50. The first kappa shape index (κ1) is 21.0. The molecule has 2 amide bonds. The zero-order valence-electron chi connectivity index (χ0n) is 17.4. The van der Waals surface area contributed by atoms with Gasteiger partial charge < -0.3 is 10.2 Å². The summed E-state index contributed by atoms with van der Waals surface area (Å²) in [7, 11) is 1.63. The zero-order chi connectivity index (χ0) is 21.0. The van der Waals surface area contributed by atoms with Crippen molar-refractivity contribution < 1.29 is 14.0 Å². The average molecular weight is 397 g/mol. The third-order valence-corrected chi connectivity index (χ3v) is 5.71. The molecule has 154 valence electrons. The Balaban J connectivity index is 1.93. The summed E-state index contributed by atoms with van der Waals surface area (Å²) in [5.41, 5.74) is 1.53. The first-order valence-electron chi connectivity index (χ1n) is 10.2. The van der Waals surface area contributed by atoms with Crippen LogP contribution in [-0.4, -0.2) is 36.9 Å². The quantitative estimate of drug-likeness (QED) is 0.801. The summed E-state index contributed by atoms with van der Waals surface area (Å²) in [6.45, 7) is 5.00. The molecule has 1 heterocycles. The lowest BCUT2D eigenvalue weighted by Gasteiger charge is -2.29. The summed E-state index contributed by atoms with van der Waals surface area (Å²) >= 11 is 0. The minimum atomic E-state index is -0.706. The summed E-state index contributed by atoms with van der Waals surface area (Å²) < 4.78 is 14.4. The smallest absolute Gasteiger partial charge is 0.228 e. The molecule has 3 rings (SSSR count). The van der Waals surface area contributed by atoms with E-state index in [0.29, 0.717) is 37.9 Å². The van der Waals surface area contributed by atoms with Crippen molar-refractivity contribution in [2.75, 3.05) is 20.1 Å². The Kier molecular flexibility index (Phi) is 6.36. The topological polar surface area (TPSA) is 49.4 Å². The Hall–Kier alpha value is -2.69. The Morgan fingerprint density at radius 1 is 1.10 bits per heavy atom. The van der Waals surface area contributed by atoms with Gasteiger partial charge in [0.15, 0.2) is 0 Å². The van der Waals surface area contributed by atoms with Gasteiger partial charge in [-0.2, -0.15) is 0 Å². The van der Waals surface area contributed by atoms with Crippen molar-refractivity contribution in [1.82, 2.24) is 10.2 Å². The Bertz CT molecular complexity index is 896. The Labute approximate surface area is 172 Å². The molecular formula is C24H29FN2O2. The van der Waals surface area contributed by atoms with Crippen LogP contribution < -0.4 is 5.32 Å². The van der Waals surface area contributed by atoms with Gasteiger partial charge in [-0.15, -0.1) is 0 Å². The number of likely N-dealkylation sites (tertiary alicyclic amines) is 1. The molecule has 0 saturated carbocycles. The van der Waals surface area contributed by atoms with Crippen molar-refractivity contribution in [3.05, 3.63) is 59.9 Å². The summed E-state index contributed by atoms with van der Waals surface area (Å²) in [4.78, 5) is 27.3. The van der Waals surface area contributed by atoms with Crippen LogP contribution in [-0.2, 0) is 16.0 Å². The van der Waals surface area contributed by atoms with Crippen LogP contribution in [0.2, 0.25) is 0 Å². The van der Waals surface area contributed by atoms with Crippen LogP contribution in [0.3, 0.4) is 0 Å². The predicted octanol–water partition coefficient (Wildman–Crippen LogP) is 4.05. The molecule has 1 fully saturated rings. The molecule has 1 aliphatic rings. The maximum absolute atomic E-state index is 14.4. The van der Waals surface area contributed by atoms with Gasteiger partial charge in [-0.05, 0) is 36.0 Å². The molecule has 1 atom stereocenters. The minimum absolute atomic E-state index is 0.0688. The van der Waals surface area contributed by atoms with Crippen molar-refractivity contribution in [2.24, 2.45) is 11.3 Å². The van der Waals surface area contributed by atoms with E-state index in [-0.39, 0.29) is 23.5 Å². The number of hydrogen-bond acceptors (Lipinski definition) is 2. The fourth-order valence-electron chi connectivity index (χ4n) is 4.22. The van der Waals surface area contributed by atoms with Crippen LogP contribution >= 0.6 is 0 Å². The van der Waals surface area contributed by atoms with Crippen LogP contribution in [0.15, 0.2) is 48.5 Å². The molecule has 1 N–H and O–H groups in total. The van der Waals surface area contributed by atoms with E-state index in [9.17, 15) is 14.0 Å². The number of amides is 2. The van der Waals surface area contributed by atoms with Crippen molar-refractivity contribution in [3.63, 3.8) is 0 Å². The highest BCUT2D eigenvalue weighted by Crippen LogP contribution is 2.38. The summed E-state index contributed by atoms with van der Waals surface area (Å²) in [5, 5.41) is 2.79. The second-order valence-electron chi connectivity index (χ2n) is 8.34. The van der Waals surface area contributed by atoms with Gasteiger partial charge in [-0.25, -0.2) is 4.39 Å². The molecule has 0 aromatic heterocycles. The van der Waals surface area contributed by atoms with Gasteiger partial charge in [0.25, 0.3) is 0 Å². The van der Waals surface area contributed by atoms with Gasteiger partial charge >= 0.3 is 0 Å². The summed E-state index contributed by atoms with van der Waals surface area (Å²) in [6.07, 6.45) is 1.54. The van der Waals surface area contributed by atoms with Crippen LogP contribution in [0, 0.1) is 17.2 Å². The number of rotatable bonds is 6. The number of nitrogens with one attached hydrogen (secondary N) is 1. The molecule has 0 radical (unpaired) electrons. The van der Waals surface area contributed by atoms with Crippen molar-refractivity contribution in [1.29, 1.82) is 0 Å². The van der Waals surface area contributed by atoms with E-state index in [1.54, 1.807) is 24.1 Å². The number of halogens is 1. The monoisotopic (exact) mass is 396 g/mol. The molecule has 2 aromatic rings. The highest BCUT2D eigenvalue weighted by Gasteiger charge is 2.45. The van der Waals surface area contributed by atoms with Crippen LogP contribution in [0.25, 0.3) is 11.1 Å². The van der Waals surface area contributed by atoms with E-state index in [1.165, 1.54) is 6.07 Å². The van der Waals surface area contributed by atoms with E-state index in [4.69, 9.17) is 0 Å². The van der Waals surface area contributed by atoms with Crippen LogP contribution in [0.1, 0.15) is 32.3 Å². The van der Waals surface area contributed by atoms with Gasteiger partial charge in [0.2, 0.25) is 11.8 Å². The predicted molar refractivity (Wildman–Crippen MR) is 113 cm³/mol. The van der Waals surface area contributed by atoms with E-state index in [1.807, 2.05) is 44.2 Å². The molecule has 2 aromatic carbocycles. The molecule has 5 heteroatoms. The second-order valence-corrected chi connectivity index (χ2v) is 8.34. The van der Waals surface area contributed by atoms with Gasteiger partial charge in [-0.1, -0.05) is 56.3 Å². The maximum atomic E-state index is 14.4. The van der Waals surface area contributed by atoms with Gasteiger partial charge in [-0.3, -0.25) is 9.59 Å². The lowest BCUT2D eigenvalue weighted by Crippen LogP contribution is -2.44. The lowest BCUT2D eigenvalue weighted by atomic mass is 9.78. The molecule has 1 aliphatic heterocycles. The molecule has 1 saturated heterocycles. The minimum Gasteiger partial charge on any atom is -0.359 e. The van der Waals surface area contributed by atoms with Crippen LogP contribution in [0.5, 0.6) is 0 Å². The van der Waals surface area contributed by atoms with Gasteiger partial charge in [0, 0.05) is 32.1 Å². The first-order chi connectivity index (χ1) is 13.9. The van der Waals surface area contributed by atoms with E-state index in [2.05, 4.69) is 5.32 Å². The summed E-state index contributed by atoms with van der Waals surface area (Å²) in [5.74, 6) is 0.0160. The Morgan fingerprint density at radius 2 is 1.76 bits per heavy atom. The number of hydrogen-bond donors (Lipinski definition) is 1. The van der Waals surface area contributed by atoms with E-state index < -0.39 is 5.41 Å². The van der Waals surface area contributed by atoms with E-state index in [0.717, 1.165) is 11.1 Å². The van der Waals surface area contributed by atoms with E-state index >= 15 is 0 Å². The van der Waals surface area contributed by atoms with Gasteiger partial charge in [0.1, 0.15) is 5.82 Å². The number of nitrogens with zero attached hydrogens (tertiary/aromatic N) is 1. The van der Waals surface area contributed by atoms with Gasteiger partial charge in [0.05, 0.1) is 5.41 Å². The highest BCUT2D eigenvalue weighted by molar-refractivity contribution is 5.86. The van der Waals surface area contributed by atoms with Crippen molar-refractivity contribution in [2.45, 2.75) is 33.1 Å². The molecule has 0 aliphatic carbocycles. The zero-order valence-corrected chi connectivity index (χ0v) is 17.4. The standard InChI is InChI=1S/C24H29FN2O2/c1-17(2)14-22(28)27-13-12-24(16-27,23(29)26-3)15-18-8-4-5-9-19(18)20-10-6-7-11-21(20)25/h4-11,17H,12-16H2,1-3H3,(H,26,29)/t24-/m1/s1. The molecule has 0 unspecified atom stereocenters. The molecular weight excluding hydrogens is 367 g/mol. The number of carbonyl (C=O) groups excluding carboxylic acids is 2. The van der Waals surface area contributed by atoms with Crippen LogP contribution in [0.4, 0.5) is 4.39 Å². The number of benzene rings is 2. The summed E-state index contributed by atoms with van der Waals surface area (Å²) in [6, 6.07) is 14.3. The average Bonchev–Trinajstić information content (AvgIpc) is 3.13. The molecule has 4 nitrogen and oxygen atoms in total. The second kappa shape index (κ2) is 8.76. The molecule has 29 heavy (non-hydrogen) atoms. The lowest BCUT2D eigenvalue weighted by molar-refractivity contribution is -0.133. The fraction of sp³-hybridized carbons (Fsp3) is 0.417. The molecule has 0 bridgehead atoms. The largest absolute Gasteiger partial charge is 0.359 e. The molecule has 0 spiro atoms. The van der Waals surface area contributed by atoms with Crippen molar-refractivity contribution in [3.8, 4) is 11.1 Å². The maximum Gasteiger partial charge on any atom is 0.228 e. The van der Waals surface area contributed by atoms with Crippen molar-refractivity contribution >= 4 is 11.8 Å². The highest BCUT2D eigenvalue weighted by atomic mass is 19.1. The SMILES string of the molecule is CNC(=O)[C@@]1(Cc2ccccc2-c2ccccc2F)CCN(C(=O)CC(C)C)C1. The fourth-order valence-corrected chi connectivity index (χ4v) is 4.22. The Morgan fingerprint density at radius 3 is 2.41 bits per heavy atom. The normalized spacial score (nSPS) is 18.9. The first-order valence-corrected chi connectivity index (χ1v) is 10.2. The third-order valence-electron chi connectivity index (χ3n) is 5.71. The number of carbonyl (C=O) groups is 2.